The van der Waals surface area contributed by atoms with Gasteiger partial charge in [-0.05, 0) is 24.7 Å². The molecule has 13 heavy (non-hydrogen) atoms. The first-order valence-electron chi connectivity index (χ1n) is 4.61. The van der Waals surface area contributed by atoms with Crippen molar-refractivity contribution in [3.8, 4) is 0 Å². The Labute approximate surface area is 80.1 Å². The smallest absolute Gasteiger partial charge is 0.212 e. The average Bonchev–Trinajstić information content (AvgIpc) is 2.02. The Balaban J connectivity index is 2.82. The maximum atomic E-state index is 11.2. The van der Waals surface area contributed by atoms with Crippen molar-refractivity contribution in [1.82, 2.24) is 0 Å². The van der Waals surface area contributed by atoms with Crippen LogP contribution in [0, 0.1) is 11.8 Å². The SMILES string of the molecule is C=C[C@@H]1CCC[C@@H](S(N)(=O)=O)[C@H]1C. The third-order valence-electron chi connectivity index (χ3n) is 3.01. The van der Waals surface area contributed by atoms with E-state index in [9.17, 15) is 8.42 Å². The highest BCUT2D eigenvalue weighted by Gasteiger charge is 2.34. The fraction of sp³-hybridized carbons (Fsp3) is 0.778. The number of nitrogens with two attached hydrogens (primary N) is 1. The van der Waals surface area contributed by atoms with E-state index in [2.05, 4.69) is 6.58 Å². The minimum atomic E-state index is -3.37. The summed E-state index contributed by atoms with van der Waals surface area (Å²) in [6.07, 6.45) is 4.52. The molecule has 0 spiro atoms. The monoisotopic (exact) mass is 203 g/mol. The molecule has 1 aliphatic carbocycles. The van der Waals surface area contributed by atoms with Crippen LogP contribution in [0.1, 0.15) is 26.2 Å². The van der Waals surface area contributed by atoms with E-state index in [1.54, 1.807) is 0 Å². The molecule has 3 nitrogen and oxygen atoms in total. The quantitative estimate of drug-likeness (QED) is 0.687. The van der Waals surface area contributed by atoms with E-state index in [-0.39, 0.29) is 11.2 Å². The van der Waals surface area contributed by atoms with Gasteiger partial charge >= 0.3 is 0 Å². The Morgan fingerprint density at radius 3 is 2.54 bits per heavy atom. The van der Waals surface area contributed by atoms with Crippen molar-refractivity contribution in [2.45, 2.75) is 31.4 Å². The lowest BCUT2D eigenvalue weighted by atomic mass is 9.80. The van der Waals surface area contributed by atoms with Gasteiger partial charge < -0.3 is 0 Å². The molecule has 0 aliphatic heterocycles. The normalized spacial score (nSPS) is 35.7. The summed E-state index contributed by atoms with van der Waals surface area (Å²) in [6.45, 7) is 5.66. The second-order valence-corrected chi connectivity index (χ2v) is 5.60. The summed E-state index contributed by atoms with van der Waals surface area (Å²) >= 11 is 0. The van der Waals surface area contributed by atoms with Crippen LogP contribution >= 0.6 is 0 Å². The first-order valence-corrected chi connectivity index (χ1v) is 6.22. The molecule has 0 unspecified atom stereocenters. The molecule has 0 radical (unpaired) electrons. The van der Waals surface area contributed by atoms with Crippen LogP contribution < -0.4 is 5.14 Å². The summed E-state index contributed by atoms with van der Waals surface area (Å²) in [5.74, 6) is 0.415. The van der Waals surface area contributed by atoms with E-state index in [1.807, 2.05) is 13.0 Å². The van der Waals surface area contributed by atoms with Crippen LogP contribution in [0.25, 0.3) is 0 Å². The molecule has 3 atom stereocenters. The van der Waals surface area contributed by atoms with E-state index in [4.69, 9.17) is 5.14 Å². The van der Waals surface area contributed by atoms with Crippen molar-refractivity contribution in [3.05, 3.63) is 12.7 Å². The summed E-state index contributed by atoms with van der Waals surface area (Å²) in [7, 11) is -3.37. The molecule has 1 rings (SSSR count). The molecule has 0 aromatic carbocycles. The summed E-state index contributed by atoms with van der Waals surface area (Å²) in [4.78, 5) is 0. The van der Waals surface area contributed by atoms with Gasteiger partial charge in [-0.15, -0.1) is 6.58 Å². The highest BCUT2D eigenvalue weighted by Crippen LogP contribution is 2.33. The molecule has 0 amide bonds. The Bertz CT molecular complexity index is 284. The van der Waals surface area contributed by atoms with Crippen molar-refractivity contribution < 1.29 is 8.42 Å². The minimum Gasteiger partial charge on any atom is -0.228 e. The first-order chi connectivity index (χ1) is 5.96. The molecular weight excluding hydrogens is 186 g/mol. The van der Waals surface area contributed by atoms with Crippen LogP contribution in [-0.2, 0) is 10.0 Å². The Morgan fingerprint density at radius 1 is 1.46 bits per heavy atom. The maximum absolute atomic E-state index is 11.2. The van der Waals surface area contributed by atoms with E-state index in [0.717, 1.165) is 12.8 Å². The van der Waals surface area contributed by atoms with Gasteiger partial charge in [-0.25, -0.2) is 13.6 Å². The van der Waals surface area contributed by atoms with Gasteiger partial charge in [-0.3, -0.25) is 0 Å². The van der Waals surface area contributed by atoms with Gasteiger partial charge in [0.2, 0.25) is 10.0 Å². The topological polar surface area (TPSA) is 60.2 Å². The van der Waals surface area contributed by atoms with Crippen LogP contribution in [0.2, 0.25) is 0 Å². The van der Waals surface area contributed by atoms with Crippen LogP contribution in [-0.4, -0.2) is 13.7 Å². The number of sulfonamides is 1. The highest BCUT2D eigenvalue weighted by molar-refractivity contribution is 7.89. The molecule has 0 bridgehead atoms. The zero-order valence-corrected chi connectivity index (χ0v) is 8.76. The third-order valence-corrected chi connectivity index (χ3v) is 4.52. The number of rotatable bonds is 2. The van der Waals surface area contributed by atoms with Gasteiger partial charge in [0.1, 0.15) is 0 Å². The Hall–Kier alpha value is -0.350. The van der Waals surface area contributed by atoms with Crippen LogP contribution in [0.5, 0.6) is 0 Å². The van der Waals surface area contributed by atoms with E-state index < -0.39 is 10.0 Å². The van der Waals surface area contributed by atoms with Gasteiger partial charge in [0, 0.05) is 0 Å². The Morgan fingerprint density at radius 2 is 2.08 bits per heavy atom. The van der Waals surface area contributed by atoms with Gasteiger partial charge in [-0.2, -0.15) is 0 Å². The highest BCUT2D eigenvalue weighted by atomic mass is 32.2. The predicted octanol–water partition coefficient (Wildman–Crippen LogP) is 1.27. The van der Waals surface area contributed by atoms with Crippen molar-refractivity contribution >= 4 is 10.0 Å². The van der Waals surface area contributed by atoms with E-state index in [1.165, 1.54) is 0 Å². The zero-order chi connectivity index (χ0) is 10.1. The third kappa shape index (κ3) is 2.31. The molecule has 76 valence electrons. The van der Waals surface area contributed by atoms with Gasteiger partial charge in [0.05, 0.1) is 5.25 Å². The molecule has 0 aromatic rings. The number of primary sulfonamides is 1. The van der Waals surface area contributed by atoms with Crippen molar-refractivity contribution in [1.29, 1.82) is 0 Å². The first kappa shape index (κ1) is 10.7. The lowest BCUT2D eigenvalue weighted by Gasteiger charge is -2.32. The zero-order valence-electron chi connectivity index (χ0n) is 7.94. The van der Waals surface area contributed by atoms with Crippen LogP contribution in [0.15, 0.2) is 12.7 Å². The van der Waals surface area contributed by atoms with Crippen LogP contribution in [0.3, 0.4) is 0 Å². The standard InChI is InChI=1S/C9H17NO2S/c1-3-8-5-4-6-9(7(8)2)13(10,11)12/h3,7-9H,1,4-6H2,2H3,(H2,10,11,12)/t7-,8+,9+/m0/s1. The molecule has 0 aromatic heterocycles. The van der Waals surface area contributed by atoms with Crippen molar-refractivity contribution in [3.63, 3.8) is 0 Å². The molecule has 1 fully saturated rings. The van der Waals surface area contributed by atoms with Crippen LogP contribution in [0.4, 0.5) is 0 Å². The predicted molar refractivity (Wildman–Crippen MR) is 53.6 cm³/mol. The summed E-state index contributed by atoms with van der Waals surface area (Å²) < 4.78 is 22.4. The Kier molecular flexibility index (Phi) is 3.14. The maximum Gasteiger partial charge on any atom is 0.212 e. The number of allylic oxidation sites excluding steroid dienone is 1. The average molecular weight is 203 g/mol. The molecular formula is C9H17NO2S. The minimum absolute atomic E-state index is 0.112. The molecule has 2 N–H and O–H groups in total. The molecule has 0 heterocycles. The molecule has 4 heteroatoms. The van der Waals surface area contributed by atoms with E-state index in [0.29, 0.717) is 12.3 Å². The molecule has 1 saturated carbocycles. The lowest BCUT2D eigenvalue weighted by molar-refractivity contribution is 0.307. The second kappa shape index (κ2) is 3.80. The van der Waals surface area contributed by atoms with Crippen molar-refractivity contribution in [2.24, 2.45) is 17.0 Å². The largest absolute Gasteiger partial charge is 0.228 e. The molecule has 0 saturated heterocycles. The second-order valence-electron chi connectivity index (χ2n) is 3.82. The summed E-state index contributed by atoms with van der Waals surface area (Å²) in [5.41, 5.74) is 0. The van der Waals surface area contributed by atoms with Gasteiger partial charge in [-0.1, -0.05) is 19.4 Å². The lowest BCUT2D eigenvalue weighted by Crippen LogP contribution is -2.39. The van der Waals surface area contributed by atoms with Gasteiger partial charge in [0.25, 0.3) is 0 Å². The fourth-order valence-electron chi connectivity index (χ4n) is 2.15. The van der Waals surface area contributed by atoms with E-state index >= 15 is 0 Å². The number of hydrogen-bond acceptors (Lipinski definition) is 2. The van der Waals surface area contributed by atoms with Gasteiger partial charge in [0.15, 0.2) is 0 Å². The van der Waals surface area contributed by atoms with Crippen molar-refractivity contribution in [2.75, 3.05) is 0 Å². The summed E-state index contributed by atoms with van der Waals surface area (Å²) in [6, 6.07) is 0. The fourth-order valence-corrected chi connectivity index (χ4v) is 3.45. The summed E-state index contributed by atoms with van der Waals surface area (Å²) in [5, 5.41) is 4.78. The molecule has 1 aliphatic rings. The number of hydrogen-bond donors (Lipinski definition) is 1.